The van der Waals surface area contributed by atoms with Crippen molar-refractivity contribution in [1.82, 2.24) is 19.1 Å². The molecule has 0 aliphatic heterocycles. The molecule has 0 aliphatic rings. The van der Waals surface area contributed by atoms with E-state index in [1.54, 1.807) is 6.07 Å². The molecule has 76 heavy (non-hydrogen) atoms. The fourth-order valence-electron chi connectivity index (χ4n) is 10.7. The van der Waals surface area contributed by atoms with E-state index in [1.807, 2.05) is 66.7 Å². The third kappa shape index (κ3) is 9.55. The largest absolute Gasteiger partial charge is 0.501 e. The molecule has 0 amide bonds. The maximum Gasteiger partial charge on any atom is 0.121 e. The third-order valence-corrected chi connectivity index (χ3v) is 14.5. The quantitative estimate of drug-likeness (QED) is 0.128. The van der Waals surface area contributed by atoms with Crippen molar-refractivity contribution in [2.45, 2.75) is 92.8 Å². The second kappa shape index (κ2) is 21.5. The van der Waals surface area contributed by atoms with Gasteiger partial charge >= 0.3 is 0 Å². The summed E-state index contributed by atoms with van der Waals surface area (Å²) >= 11 is 0. The van der Waals surface area contributed by atoms with Crippen LogP contribution in [0.3, 0.4) is 0 Å². The third-order valence-electron chi connectivity index (χ3n) is 14.5. The van der Waals surface area contributed by atoms with Crippen LogP contribution in [0.15, 0.2) is 186 Å². The molecule has 0 unspecified atom stereocenters. The van der Waals surface area contributed by atoms with Crippen molar-refractivity contribution in [3.05, 3.63) is 228 Å². The van der Waals surface area contributed by atoms with Crippen LogP contribution < -0.4 is 0 Å². The van der Waals surface area contributed by atoms with Crippen LogP contribution >= 0.6 is 0 Å². The normalized spacial score (nSPS) is 12.4. The van der Waals surface area contributed by atoms with Crippen LogP contribution in [0.4, 0.5) is 0 Å². The number of hydrogen-bond donors (Lipinski definition) is 0. The van der Waals surface area contributed by atoms with Crippen molar-refractivity contribution in [2.24, 2.45) is 0 Å². The second-order valence-electron chi connectivity index (χ2n) is 21.0. The first-order chi connectivity index (χ1) is 37.6. The molecule has 0 aliphatic carbocycles. The Morgan fingerprint density at radius 1 is 0.487 bits per heavy atom. The molecule has 12 rings (SSSR count). The molecule has 5 nitrogen and oxygen atoms in total. The molecule has 0 atom stereocenters. The number of rotatable bonds is 10. The van der Waals surface area contributed by atoms with E-state index in [-0.39, 0.29) is 37.5 Å². The Morgan fingerprint density at radius 2 is 1.01 bits per heavy atom. The van der Waals surface area contributed by atoms with E-state index in [4.69, 9.17) is 18.5 Å². The van der Waals surface area contributed by atoms with Gasteiger partial charge in [0.25, 0.3) is 0 Å². The Bertz CT molecular complexity index is 4090. The number of hydrogen-bond acceptors (Lipinski definition) is 3. The molecule has 9 aromatic carbocycles. The van der Waals surface area contributed by atoms with Gasteiger partial charge in [-0.2, -0.15) is 0 Å². The van der Waals surface area contributed by atoms with Crippen LogP contribution in [0.1, 0.15) is 117 Å². The van der Waals surface area contributed by atoms with E-state index in [1.165, 1.54) is 44.6 Å². The molecule has 6 heteroatoms. The SMILES string of the molecule is Cc1c[c-]c(-c2nc3ccccc3n2-c2c(C(C)C)cccc2C(C)C)cc1.[2H]C([2H])([2H])c1c[c-]c(-c2nc3ccccc3n2-c2c(C(C)C)cc(-c3ccccc3)cc2C(C)C)c2oc3cc(-c4ccccc4)ccc3c12.[Ir]. The summed E-state index contributed by atoms with van der Waals surface area (Å²) in [6, 6.07) is 69.2. The van der Waals surface area contributed by atoms with Gasteiger partial charge in [-0.25, -0.2) is 0 Å². The molecule has 3 heterocycles. The number of fused-ring (bicyclic) bond motifs is 5. The van der Waals surface area contributed by atoms with Crippen molar-refractivity contribution in [1.29, 1.82) is 0 Å². The zero-order valence-corrected chi connectivity index (χ0v) is 47.1. The van der Waals surface area contributed by atoms with Crippen molar-refractivity contribution in [3.63, 3.8) is 0 Å². The zero-order chi connectivity index (χ0) is 54.6. The first kappa shape index (κ1) is 48.0. The minimum atomic E-state index is -2.37. The summed E-state index contributed by atoms with van der Waals surface area (Å²) in [7, 11) is 0. The van der Waals surface area contributed by atoms with E-state index >= 15 is 0 Å². The summed E-state index contributed by atoms with van der Waals surface area (Å²) in [5, 5.41) is 1.32. The molecule has 12 aromatic rings. The summed E-state index contributed by atoms with van der Waals surface area (Å²) in [6.07, 6.45) is 0. The summed E-state index contributed by atoms with van der Waals surface area (Å²) in [6.45, 7) is 17.7. The van der Waals surface area contributed by atoms with E-state index < -0.39 is 6.85 Å². The van der Waals surface area contributed by atoms with Gasteiger partial charge in [-0.05, 0) is 111 Å². The minimum absolute atomic E-state index is 0. The van der Waals surface area contributed by atoms with E-state index in [0.717, 1.165) is 55.7 Å². The van der Waals surface area contributed by atoms with Gasteiger partial charge in [0.15, 0.2) is 0 Å². The number of aromatic nitrogens is 4. The number of para-hydroxylation sites is 5. The zero-order valence-electron chi connectivity index (χ0n) is 47.7. The van der Waals surface area contributed by atoms with Gasteiger partial charge in [0.1, 0.15) is 5.58 Å². The standard InChI is InChI=1S/C44H37N2O.C26H27N2.Ir/c1-27(2)36-24-33(31-16-10-7-11-17-31)25-37(28(3)4)42(36)46-39-19-13-12-18-38(39)45-44(46)35-22-20-29(5)41-34-23-21-32(26-40(34)47-43(35)41)30-14-8-6-9-15-30;1-17(2)21-9-8-10-22(18(3)4)25(21)28-24-12-7-6-11-23(24)27-26(28)20-15-13-19(5)14-16-20;/h6-21,23-28H,1-5H3;6-15,17-18H,1-5H3;/q2*-1;/i5D3;;. The van der Waals surface area contributed by atoms with Crippen LogP contribution in [0.2, 0.25) is 0 Å². The second-order valence-corrected chi connectivity index (χ2v) is 21.0. The monoisotopic (exact) mass is 1170 g/mol. The predicted molar refractivity (Wildman–Crippen MR) is 315 cm³/mol. The van der Waals surface area contributed by atoms with Crippen molar-refractivity contribution in [3.8, 4) is 56.4 Å². The van der Waals surface area contributed by atoms with Gasteiger partial charge in [0.05, 0.1) is 39.3 Å². The Kier molecular flexibility index (Phi) is 13.6. The van der Waals surface area contributed by atoms with Crippen LogP contribution in [-0.4, -0.2) is 19.1 Å². The topological polar surface area (TPSA) is 48.8 Å². The molecule has 0 saturated heterocycles. The summed E-state index contributed by atoms with van der Waals surface area (Å²) < 4.78 is 36.8. The smallest absolute Gasteiger partial charge is 0.121 e. The summed E-state index contributed by atoms with van der Waals surface area (Å²) in [5.74, 6) is 2.85. The molecule has 3 aromatic heterocycles. The Morgan fingerprint density at radius 3 is 1.57 bits per heavy atom. The van der Waals surface area contributed by atoms with Crippen molar-refractivity contribution < 1.29 is 28.6 Å². The van der Waals surface area contributed by atoms with Gasteiger partial charge < -0.3 is 13.6 Å². The van der Waals surface area contributed by atoms with Gasteiger partial charge in [-0.3, -0.25) is 9.97 Å². The number of imidazole rings is 2. The van der Waals surface area contributed by atoms with Gasteiger partial charge in [0, 0.05) is 41.0 Å². The van der Waals surface area contributed by atoms with E-state index in [9.17, 15) is 0 Å². The molecule has 0 fully saturated rings. The summed E-state index contributed by atoms with van der Waals surface area (Å²) in [4.78, 5) is 10.3. The number of benzene rings is 9. The van der Waals surface area contributed by atoms with Crippen molar-refractivity contribution >= 4 is 44.0 Å². The number of furan rings is 1. The molecular weight excluding hydrogens is 1110 g/mol. The number of aryl methyl sites for hydroxylation is 2. The predicted octanol–water partition coefficient (Wildman–Crippen LogP) is 19.3. The van der Waals surface area contributed by atoms with Crippen LogP contribution in [0.25, 0.3) is 100 Å². The Hall–Kier alpha value is -7.63. The molecule has 0 spiro atoms. The molecule has 0 bridgehead atoms. The molecule has 0 N–H and O–H groups in total. The maximum absolute atomic E-state index is 8.48. The molecular formula is C70H64IrN4O-2. The van der Waals surface area contributed by atoms with Crippen LogP contribution in [-0.2, 0) is 20.1 Å². The summed E-state index contributed by atoms with van der Waals surface area (Å²) in [5.41, 5.74) is 20.0. The Labute approximate surface area is 465 Å². The fourth-order valence-corrected chi connectivity index (χ4v) is 10.7. The maximum atomic E-state index is 8.48. The average Bonchev–Trinajstić information content (AvgIpc) is 4.33. The first-order valence-corrected chi connectivity index (χ1v) is 26.3. The first-order valence-electron chi connectivity index (χ1n) is 27.8. The number of nitrogens with zero attached hydrogens (tertiary/aromatic N) is 4. The van der Waals surface area contributed by atoms with Gasteiger partial charge in [-0.15, -0.1) is 53.1 Å². The minimum Gasteiger partial charge on any atom is -0.501 e. The van der Waals surface area contributed by atoms with Crippen LogP contribution in [0, 0.1) is 25.9 Å². The molecule has 1 radical (unpaired) electrons. The van der Waals surface area contributed by atoms with Gasteiger partial charge in [-0.1, -0.05) is 195 Å². The fraction of sp³-hybridized carbons (Fsp3) is 0.200. The van der Waals surface area contributed by atoms with E-state index in [2.05, 4.69) is 193 Å². The Balaban J connectivity index is 0.000000206. The molecule has 0 saturated carbocycles. The molecule has 381 valence electrons. The van der Waals surface area contributed by atoms with Crippen LogP contribution in [0.5, 0.6) is 0 Å². The van der Waals surface area contributed by atoms with E-state index in [0.29, 0.717) is 39.8 Å². The van der Waals surface area contributed by atoms with Crippen molar-refractivity contribution in [2.75, 3.05) is 0 Å². The van der Waals surface area contributed by atoms with Gasteiger partial charge in [0.2, 0.25) is 0 Å². The average molecular weight is 1170 g/mol.